The highest BCUT2D eigenvalue weighted by molar-refractivity contribution is 6.35. The lowest BCUT2D eigenvalue weighted by Crippen LogP contribution is -2.58. The summed E-state index contributed by atoms with van der Waals surface area (Å²) in [5.74, 6) is -0.989. The van der Waals surface area contributed by atoms with E-state index in [-0.39, 0.29) is 24.8 Å². The summed E-state index contributed by atoms with van der Waals surface area (Å²) in [6.07, 6.45) is 0.476. The standard InChI is InChI=1S/C17H21Cl2N3O4/c1-26-16(24)9-14-17(25)21-6-7-22(14)10-15(23)20-5-4-11-2-3-12(18)8-13(11)19/h2-3,8,14H,4-7,9-10H2,1H3,(H,20,23)(H,21,25)/t14-/m0/s1. The molecule has 1 saturated heterocycles. The fourth-order valence-corrected chi connectivity index (χ4v) is 3.22. The molecule has 142 valence electrons. The minimum atomic E-state index is -0.701. The number of hydrogen-bond acceptors (Lipinski definition) is 5. The van der Waals surface area contributed by atoms with Crippen LogP contribution in [-0.2, 0) is 25.5 Å². The highest BCUT2D eigenvalue weighted by atomic mass is 35.5. The van der Waals surface area contributed by atoms with Gasteiger partial charge >= 0.3 is 5.97 Å². The number of piperazine rings is 1. The number of ether oxygens (including phenoxy) is 1. The number of nitrogens with one attached hydrogen (secondary N) is 2. The van der Waals surface area contributed by atoms with E-state index >= 15 is 0 Å². The lowest BCUT2D eigenvalue weighted by molar-refractivity contribution is -0.146. The monoisotopic (exact) mass is 401 g/mol. The Morgan fingerprint density at radius 2 is 2.15 bits per heavy atom. The second kappa shape index (κ2) is 9.75. The molecule has 7 nitrogen and oxygen atoms in total. The Hall–Kier alpha value is -1.83. The van der Waals surface area contributed by atoms with Crippen LogP contribution in [-0.4, -0.2) is 62.0 Å². The van der Waals surface area contributed by atoms with Crippen molar-refractivity contribution in [1.82, 2.24) is 15.5 Å². The van der Waals surface area contributed by atoms with Gasteiger partial charge in [-0.15, -0.1) is 0 Å². The van der Waals surface area contributed by atoms with Crippen molar-refractivity contribution < 1.29 is 19.1 Å². The Bertz CT molecular complexity index is 684. The van der Waals surface area contributed by atoms with Crippen LogP contribution in [0.5, 0.6) is 0 Å². The van der Waals surface area contributed by atoms with Crippen molar-refractivity contribution in [3.63, 3.8) is 0 Å². The molecule has 0 spiro atoms. The molecule has 1 aliphatic heterocycles. The maximum atomic E-state index is 12.2. The van der Waals surface area contributed by atoms with Crippen molar-refractivity contribution in [2.45, 2.75) is 18.9 Å². The molecule has 2 N–H and O–H groups in total. The van der Waals surface area contributed by atoms with Crippen LogP contribution in [0.3, 0.4) is 0 Å². The molecule has 1 heterocycles. The predicted octanol–water partition coefficient (Wildman–Crippen LogP) is 1.02. The molecule has 0 radical (unpaired) electrons. The van der Waals surface area contributed by atoms with E-state index < -0.39 is 12.0 Å². The zero-order valence-electron chi connectivity index (χ0n) is 14.4. The molecule has 1 fully saturated rings. The fourth-order valence-electron chi connectivity index (χ4n) is 2.72. The molecule has 1 aromatic carbocycles. The molecule has 2 rings (SSSR count). The molecule has 1 aromatic rings. The summed E-state index contributed by atoms with van der Waals surface area (Å²) < 4.78 is 4.62. The quantitative estimate of drug-likeness (QED) is 0.665. The van der Waals surface area contributed by atoms with Gasteiger partial charge in [0.15, 0.2) is 0 Å². The fraction of sp³-hybridized carbons (Fsp3) is 0.471. The van der Waals surface area contributed by atoms with Gasteiger partial charge in [0.05, 0.1) is 20.1 Å². The summed E-state index contributed by atoms with van der Waals surface area (Å²) in [7, 11) is 1.27. The van der Waals surface area contributed by atoms with Crippen LogP contribution < -0.4 is 10.6 Å². The second-order valence-electron chi connectivity index (χ2n) is 5.89. The molecular formula is C17H21Cl2N3O4. The topological polar surface area (TPSA) is 87.7 Å². The molecule has 1 atom stereocenters. The van der Waals surface area contributed by atoms with Gasteiger partial charge in [-0.25, -0.2) is 0 Å². The third kappa shape index (κ3) is 5.86. The van der Waals surface area contributed by atoms with E-state index in [0.717, 1.165) is 5.56 Å². The van der Waals surface area contributed by atoms with E-state index in [4.69, 9.17) is 23.2 Å². The maximum Gasteiger partial charge on any atom is 0.307 e. The summed E-state index contributed by atoms with van der Waals surface area (Å²) >= 11 is 12.0. The molecule has 0 aliphatic carbocycles. The maximum absolute atomic E-state index is 12.2. The number of halogens is 2. The molecule has 26 heavy (non-hydrogen) atoms. The highest BCUT2D eigenvalue weighted by Gasteiger charge is 2.32. The molecule has 2 amide bonds. The van der Waals surface area contributed by atoms with E-state index in [1.54, 1.807) is 17.0 Å². The first kappa shape index (κ1) is 20.5. The Labute approximate surface area is 162 Å². The van der Waals surface area contributed by atoms with Crippen LogP contribution >= 0.6 is 23.2 Å². The van der Waals surface area contributed by atoms with Crippen LogP contribution in [0.2, 0.25) is 10.0 Å². The van der Waals surface area contributed by atoms with Gasteiger partial charge in [0.2, 0.25) is 11.8 Å². The summed E-state index contributed by atoms with van der Waals surface area (Å²) in [5.41, 5.74) is 0.886. The van der Waals surface area contributed by atoms with Crippen LogP contribution in [0.25, 0.3) is 0 Å². The summed E-state index contributed by atoms with van der Waals surface area (Å²) in [5, 5.41) is 6.61. The number of benzene rings is 1. The largest absolute Gasteiger partial charge is 0.469 e. The Morgan fingerprint density at radius 3 is 2.85 bits per heavy atom. The molecular weight excluding hydrogens is 381 g/mol. The number of rotatable bonds is 7. The Balaban J connectivity index is 1.84. The van der Waals surface area contributed by atoms with Gasteiger partial charge in [-0.3, -0.25) is 19.3 Å². The normalized spacial score (nSPS) is 17.5. The van der Waals surface area contributed by atoms with Gasteiger partial charge in [0.25, 0.3) is 0 Å². The first-order chi connectivity index (χ1) is 12.4. The third-order valence-corrected chi connectivity index (χ3v) is 4.69. The van der Waals surface area contributed by atoms with Crippen molar-refractivity contribution in [2.75, 3.05) is 33.3 Å². The van der Waals surface area contributed by atoms with Crippen LogP contribution in [0, 0.1) is 0 Å². The minimum absolute atomic E-state index is 0.0312. The SMILES string of the molecule is COC(=O)C[C@H]1C(=O)NCCN1CC(=O)NCCc1ccc(Cl)cc1Cl. The lowest BCUT2D eigenvalue weighted by Gasteiger charge is -2.33. The predicted molar refractivity (Wildman–Crippen MR) is 98.2 cm³/mol. The van der Waals surface area contributed by atoms with Crippen LogP contribution in [0.1, 0.15) is 12.0 Å². The van der Waals surface area contributed by atoms with Gasteiger partial charge in [0, 0.05) is 29.7 Å². The van der Waals surface area contributed by atoms with Crippen molar-refractivity contribution in [1.29, 1.82) is 0 Å². The molecule has 0 aromatic heterocycles. The molecule has 1 aliphatic rings. The first-order valence-electron chi connectivity index (χ1n) is 8.20. The number of carbonyl (C=O) groups excluding carboxylic acids is 3. The van der Waals surface area contributed by atoms with Crippen molar-refractivity contribution in [3.05, 3.63) is 33.8 Å². The van der Waals surface area contributed by atoms with Crippen molar-refractivity contribution in [3.8, 4) is 0 Å². The first-order valence-corrected chi connectivity index (χ1v) is 8.95. The number of nitrogens with zero attached hydrogens (tertiary/aromatic N) is 1. The van der Waals surface area contributed by atoms with Crippen molar-refractivity contribution in [2.24, 2.45) is 0 Å². The van der Waals surface area contributed by atoms with Gasteiger partial charge in [-0.2, -0.15) is 0 Å². The summed E-state index contributed by atoms with van der Waals surface area (Å²) in [4.78, 5) is 37.3. The Morgan fingerprint density at radius 1 is 1.38 bits per heavy atom. The average molecular weight is 402 g/mol. The number of carbonyl (C=O) groups is 3. The zero-order valence-corrected chi connectivity index (χ0v) is 15.9. The number of methoxy groups -OCH3 is 1. The molecule has 0 unspecified atom stereocenters. The number of esters is 1. The van der Waals surface area contributed by atoms with E-state index in [2.05, 4.69) is 15.4 Å². The van der Waals surface area contributed by atoms with Crippen LogP contribution in [0.15, 0.2) is 18.2 Å². The molecule has 0 bridgehead atoms. The van der Waals surface area contributed by atoms with Gasteiger partial charge in [-0.1, -0.05) is 29.3 Å². The molecule has 0 saturated carbocycles. The van der Waals surface area contributed by atoms with Crippen LogP contribution in [0.4, 0.5) is 0 Å². The number of amides is 2. The van der Waals surface area contributed by atoms with Crippen molar-refractivity contribution >= 4 is 41.0 Å². The van der Waals surface area contributed by atoms with Gasteiger partial charge < -0.3 is 15.4 Å². The van der Waals surface area contributed by atoms with E-state index in [9.17, 15) is 14.4 Å². The summed E-state index contributed by atoms with van der Waals surface area (Å²) in [6.45, 7) is 1.36. The zero-order chi connectivity index (χ0) is 19.1. The third-order valence-electron chi connectivity index (χ3n) is 4.11. The lowest BCUT2D eigenvalue weighted by atomic mass is 10.1. The smallest absolute Gasteiger partial charge is 0.307 e. The average Bonchev–Trinajstić information content (AvgIpc) is 2.59. The second-order valence-corrected chi connectivity index (χ2v) is 6.74. The van der Waals surface area contributed by atoms with E-state index in [0.29, 0.717) is 36.1 Å². The summed E-state index contributed by atoms with van der Waals surface area (Å²) in [6, 6.07) is 4.52. The molecule has 9 heteroatoms. The Kier molecular flexibility index (Phi) is 7.68. The number of hydrogen-bond donors (Lipinski definition) is 2. The minimum Gasteiger partial charge on any atom is -0.469 e. The van der Waals surface area contributed by atoms with Gasteiger partial charge in [-0.05, 0) is 24.1 Å². The van der Waals surface area contributed by atoms with E-state index in [1.807, 2.05) is 6.07 Å². The van der Waals surface area contributed by atoms with E-state index in [1.165, 1.54) is 7.11 Å². The highest BCUT2D eigenvalue weighted by Crippen LogP contribution is 2.21. The van der Waals surface area contributed by atoms with Gasteiger partial charge in [0.1, 0.15) is 6.04 Å².